The van der Waals surface area contributed by atoms with Gasteiger partial charge in [0.25, 0.3) is 0 Å². The van der Waals surface area contributed by atoms with Crippen molar-refractivity contribution in [2.24, 2.45) is 5.10 Å². The topological polar surface area (TPSA) is 36.4 Å². The van der Waals surface area contributed by atoms with E-state index < -0.39 is 0 Å². The summed E-state index contributed by atoms with van der Waals surface area (Å²) in [4.78, 5) is 0. The van der Waals surface area contributed by atoms with Crippen LogP contribution in [-0.2, 0) is 0 Å². The van der Waals surface area contributed by atoms with Crippen LogP contribution >= 0.6 is 12.2 Å². The third kappa shape index (κ3) is 3.89. The summed E-state index contributed by atoms with van der Waals surface area (Å²) in [6, 6.07) is 14.4. The second kappa shape index (κ2) is 6.66. The highest BCUT2D eigenvalue weighted by atomic mass is 32.1. The van der Waals surface area contributed by atoms with Crippen molar-refractivity contribution < 1.29 is 0 Å². The van der Waals surface area contributed by atoms with Gasteiger partial charge in [-0.05, 0) is 34.6 Å². The molecule has 0 radical (unpaired) electrons. The summed E-state index contributed by atoms with van der Waals surface area (Å²) in [5.74, 6) is 0. The fourth-order valence-corrected chi connectivity index (χ4v) is 1.79. The zero-order chi connectivity index (χ0) is 13.5. The molecule has 0 saturated carbocycles. The van der Waals surface area contributed by atoms with Crippen molar-refractivity contribution in [3.8, 4) is 0 Å². The Morgan fingerprint density at radius 2 is 2.00 bits per heavy atom. The van der Waals surface area contributed by atoms with Gasteiger partial charge in [0, 0.05) is 6.54 Å². The Hall–Kier alpha value is -2.20. The van der Waals surface area contributed by atoms with Crippen molar-refractivity contribution in [2.45, 2.75) is 0 Å². The molecule has 2 N–H and O–H groups in total. The molecular weight excluding hydrogens is 254 g/mol. The summed E-state index contributed by atoms with van der Waals surface area (Å²) in [6.07, 6.45) is 3.48. The molecule has 0 fully saturated rings. The van der Waals surface area contributed by atoms with Crippen molar-refractivity contribution >= 4 is 34.3 Å². The molecule has 2 aromatic carbocycles. The molecule has 0 aliphatic heterocycles. The molecule has 3 nitrogen and oxygen atoms in total. The predicted molar refractivity (Wildman–Crippen MR) is 85.5 cm³/mol. The van der Waals surface area contributed by atoms with E-state index in [2.05, 4.69) is 46.7 Å². The van der Waals surface area contributed by atoms with Gasteiger partial charge in [0.05, 0.1) is 6.21 Å². The SMILES string of the molecule is C=CCNC(=S)N/N=C/c1ccc2ccccc2c1. The largest absolute Gasteiger partial charge is 0.358 e. The fraction of sp³-hybridized carbons (Fsp3) is 0.0667. The minimum Gasteiger partial charge on any atom is -0.358 e. The maximum absolute atomic E-state index is 5.03. The fourth-order valence-electron chi connectivity index (χ4n) is 1.66. The standard InChI is InChI=1S/C15H15N3S/c1-2-9-16-15(19)18-17-11-12-7-8-13-5-3-4-6-14(13)10-12/h2-8,10-11H,1,9H2,(H2,16,18,19)/b17-11+. The van der Waals surface area contributed by atoms with Crippen LogP contribution in [0.4, 0.5) is 0 Å². The lowest BCUT2D eigenvalue weighted by atomic mass is 10.1. The van der Waals surface area contributed by atoms with Crippen LogP contribution in [0.25, 0.3) is 10.8 Å². The average Bonchev–Trinajstić information content (AvgIpc) is 2.45. The highest BCUT2D eigenvalue weighted by molar-refractivity contribution is 7.80. The number of hydrogen-bond donors (Lipinski definition) is 2. The Morgan fingerprint density at radius 3 is 2.79 bits per heavy atom. The van der Waals surface area contributed by atoms with Gasteiger partial charge in [-0.25, -0.2) is 0 Å². The molecule has 0 unspecified atom stereocenters. The molecule has 96 valence electrons. The summed E-state index contributed by atoms with van der Waals surface area (Å²) in [5.41, 5.74) is 3.78. The first-order valence-corrected chi connectivity index (χ1v) is 6.37. The van der Waals surface area contributed by atoms with E-state index in [4.69, 9.17) is 12.2 Å². The second-order valence-electron chi connectivity index (χ2n) is 3.98. The number of rotatable bonds is 4. The van der Waals surface area contributed by atoms with E-state index in [-0.39, 0.29) is 0 Å². The van der Waals surface area contributed by atoms with Crippen LogP contribution < -0.4 is 10.7 Å². The molecule has 0 aliphatic carbocycles. The molecule has 0 aliphatic rings. The van der Waals surface area contributed by atoms with Crippen LogP contribution in [0.15, 0.2) is 60.2 Å². The van der Waals surface area contributed by atoms with Crippen molar-refractivity contribution in [1.29, 1.82) is 0 Å². The summed E-state index contributed by atoms with van der Waals surface area (Å²) in [7, 11) is 0. The minimum atomic E-state index is 0.483. The molecule has 0 saturated heterocycles. The lowest BCUT2D eigenvalue weighted by Gasteiger charge is -2.03. The maximum Gasteiger partial charge on any atom is 0.187 e. The number of fused-ring (bicyclic) bond motifs is 1. The van der Waals surface area contributed by atoms with Gasteiger partial charge in [-0.1, -0.05) is 42.5 Å². The number of nitrogens with zero attached hydrogens (tertiary/aromatic N) is 1. The van der Waals surface area contributed by atoms with E-state index in [0.29, 0.717) is 11.7 Å². The van der Waals surface area contributed by atoms with E-state index in [9.17, 15) is 0 Å². The molecular formula is C15H15N3S. The number of benzene rings is 2. The van der Waals surface area contributed by atoms with Gasteiger partial charge in [-0.15, -0.1) is 6.58 Å². The minimum absolute atomic E-state index is 0.483. The number of hydrazone groups is 1. The third-order valence-corrected chi connectivity index (χ3v) is 2.80. The predicted octanol–water partition coefficient (Wildman–Crippen LogP) is 2.82. The zero-order valence-electron chi connectivity index (χ0n) is 10.5. The van der Waals surface area contributed by atoms with Gasteiger partial charge in [-0.2, -0.15) is 5.10 Å². The first kappa shape index (κ1) is 13.2. The van der Waals surface area contributed by atoms with E-state index in [1.165, 1.54) is 10.8 Å². The zero-order valence-corrected chi connectivity index (χ0v) is 11.3. The van der Waals surface area contributed by atoms with Crippen molar-refractivity contribution in [2.75, 3.05) is 6.54 Å². The molecule has 2 rings (SSSR count). The Morgan fingerprint density at radius 1 is 1.21 bits per heavy atom. The van der Waals surface area contributed by atoms with E-state index in [1.54, 1.807) is 12.3 Å². The molecule has 0 amide bonds. The monoisotopic (exact) mass is 269 g/mol. The second-order valence-corrected chi connectivity index (χ2v) is 4.38. The summed E-state index contributed by atoms with van der Waals surface area (Å²) in [6.45, 7) is 4.22. The van der Waals surface area contributed by atoms with Gasteiger partial charge < -0.3 is 5.32 Å². The first-order valence-electron chi connectivity index (χ1n) is 5.96. The summed E-state index contributed by atoms with van der Waals surface area (Å²) < 4.78 is 0. The highest BCUT2D eigenvalue weighted by Crippen LogP contribution is 2.14. The van der Waals surface area contributed by atoms with E-state index in [1.807, 2.05) is 18.2 Å². The summed E-state index contributed by atoms with van der Waals surface area (Å²) in [5, 5.41) is 9.92. The molecule has 0 atom stereocenters. The first-order chi connectivity index (χ1) is 9.29. The molecule has 0 heterocycles. The van der Waals surface area contributed by atoms with E-state index in [0.717, 1.165) is 5.56 Å². The molecule has 2 aromatic rings. The van der Waals surface area contributed by atoms with Gasteiger partial charge in [0.2, 0.25) is 0 Å². The van der Waals surface area contributed by atoms with Crippen LogP contribution in [0.3, 0.4) is 0 Å². The molecule has 0 aromatic heterocycles. The van der Waals surface area contributed by atoms with E-state index >= 15 is 0 Å². The van der Waals surface area contributed by atoms with Crippen molar-refractivity contribution in [1.82, 2.24) is 10.7 Å². The lowest BCUT2D eigenvalue weighted by molar-refractivity contribution is 0.942. The molecule has 19 heavy (non-hydrogen) atoms. The number of nitrogens with one attached hydrogen (secondary N) is 2. The molecule has 0 bridgehead atoms. The van der Waals surface area contributed by atoms with Crippen LogP contribution in [0.5, 0.6) is 0 Å². The van der Waals surface area contributed by atoms with Gasteiger partial charge in [-0.3, -0.25) is 5.43 Å². The Labute approximate surface area is 118 Å². The smallest absolute Gasteiger partial charge is 0.187 e. The highest BCUT2D eigenvalue weighted by Gasteiger charge is 1.93. The summed E-state index contributed by atoms with van der Waals surface area (Å²) >= 11 is 5.03. The Bertz CT molecular complexity index is 620. The third-order valence-electron chi connectivity index (χ3n) is 2.56. The number of thiocarbonyl (C=S) groups is 1. The van der Waals surface area contributed by atoms with Crippen LogP contribution in [0.2, 0.25) is 0 Å². The number of hydrogen-bond acceptors (Lipinski definition) is 2. The lowest BCUT2D eigenvalue weighted by Crippen LogP contribution is -2.31. The maximum atomic E-state index is 5.03. The van der Waals surface area contributed by atoms with Gasteiger partial charge in [0.1, 0.15) is 0 Å². The van der Waals surface area contributed by atoms with Crippen molar-refractivity contribution in [3.63, 3.8) is 0 Å². The van der Waals surface area contributed by atoms with Crippen LogP contribution in [0.1, 0.15) is 5.56 Å². The normalized spacial score (nSPS) is 10.5. The molecule has 0 spiro atoms. The Kier molecular flexibility index (Phi) is 4.64. The van der Waals surface area contributed by atoms with Crippen LogP contribution in [-0.4, -0.2) is 17.9 Å². The quantitative estimate of drug-likeness (QED) is 0.388. The Balaban J connectivity index is 2.00. The average molecular weight is 269 g/mol. The molecule has 4 heteroatoms. The van der Waals surface area contributed by atoms with Crippen molar-refractivity contribution in [3.05, 3.63) is 60.7 Å². The van der Waals surface area contributed by atoms with Gasteiger partial charge in [0.15, 0.2) is 5.11 Å². The van der Waals surface area contributed by atoms with Crippen LogP contribution in [0, 0.1) is 0 Å². The van der Waals surface area contributed by atoms with Gasteiger partial charge >= 0.3 is 0 Å².